The third-order valence-electron chi connectivity index (χ3n) is 5.07. The van der Waals surface area contributed by atoms with Gasteiger partial charge in [-0.15, -0.1) is 0 Å². The lowest BCUT2D eigenvalue weighted by atomic mass is 10.0. The highest BCUT2D eigenvalue weighted by atomic mass is 16.6. The maximum atomic E-state index is 13.2. The van der Waals surface area contributed by atoms with Crippen molar-refractivity contribution in [1.29, 1.82) is 0 Å². The Hall–Kier alpha value is -2.64. The summed E-state index contributed by atoms with van der Waals surface area (Å²) in [5, 5.41) is 5.19. The second kappa shape index (κ2) is 5.18. The largest absolute Gasteiger partial charge is 0.439 e. The zero-order valence-electron chi connectivity index (χ0n) is 14.9. The molecule has 1 spiro atoms. The number of likely N-dealkylation sites (N-methyl/N-ethyl adjacent to an activating group) is 1. The molecule has 4 heterocycles. The second-order valence-corrected chi connectivity index (χ2v) is 7.10. The number of fused-ring (bicyclic) bond motifs is 1. The number of amides is 2. The molecular weight excluding hydrogens is 322 g/mol. The fourth-order valence-electron chi connectivity index (χ4n) is 3.93. The predicted octanol–water partition coefficient (Wildman–Crippen LogP) is 1.25. The van der Waals surface area contributed by atoms with Gasteiger partial charge in [0.2, 0.25) is 0 Å². The number of hydrogen-bond acceptors (Lipinski definition) is 5. The molecule has 0 aromatic carbocycles. The van der Waals surface area contributed by atoms with Crippen molar-refractivity contribution in [3.05, 3.63) is 23.0 Å². The van der Waals surface area contributed by atoms with Crippen LogP contribution in [0, 0.1) is 13.8 Å². The van der Waals surface area contributed by atoms with Crippen molar-refractivity contribution in [3.8, 4) is 0 Å². The topological polar surface area (TPSA) is 80.6 Å². The summed E-state index contributed by atoms with van der Waals surface area (Å²) in [6.45, 7) is 5.27. The maximum Gasteiger partial charge on any atom is 0.410 e. The Kier molecular flexibility index (Phi) is 3.28. The average molecular weight is 343 g/mol. The highest BCUT2D eigenvalue weighted by Gasteiger charge is 2.49. The van der Waals surface area contributed by atoms with Crippen LogP contribution >= 0.6 is 0 Å². The molecule has 2 aromatic heterocycles. The SMILES string of the molecule is Cc1cc(C(=O)N2CCC3(CN(C)C(=O)O3)C2)c2c(C)nn(C)c2n1. The normalized spacial score (nSPS) is 23.1. The first kappa shape index (κ1) is 15.9. The van der Waals surface area contributed by atoms with Gasteiger partial charge in [0.15, 0.2) is 11.2 Å². The Bertz CT molecular complexity index is 905. The first-order valence-electron chi connectivity index (χ1n) is 8.34. The lowest BCUT2D eigenvalue weighted by molar-refractivity contribution is 0.0554. The van der Waals surface area contributed by atoms with Crippen molar-refractivity contribution in [1.82, 2.24) is 24.6 Å². The third-order valence-corrected chi connectivity index (χ3v) is 5.07. The molecule has 8 nitrogen and oxygen atoms in total. The smallest absolute Gasteiger partial charge is 0.410 e. The van der Waals surface area contributed by atoms with Gasteiger partial charge in [0.05, 0.1) is 29.7 Å². The van der Waals surface area contributed by atoms with Crippen LogP contribution in [0.2, 0.25) is 0 Å². The van der Waals surface area contributed by atoms with Crippen LogP contribution in [-0.2, 0) is 11.8 Å². The highest BCUT2D eigenvalue weighted by molar-refractivity contribution is 6.06. The van der Waals surface area contributed by atoms with E-state index in [4.69, 9.17) is 4.74 Å². The van der Waals surface area contributed by atoms with Crippen LogP contribution in [0.1, 0.15) is 28.2 Å². The number of rotatable bonds is 1. The monoisotopic (exact) mass is 343 g/mol. The van der Waals surface area contributed by atoms with E-state index in [9.17, 15) is 9.59 Å². The van der Waals surface area contributed by atoms with Crippen molar-refractivity contribution < 1.29 is 14.3 Å². The molecule has 1 unspecified atom stereocenters. The zero-order valence-corrected chi connectivity index (χ0v) is 14.9. The molecule has 2 amide bonds. The Morgan fingerprint density at radius 3 is 2.72 bits per heavy atom. The molecule has 1 atom stereocenters. The lowest BCUT2D eigenvalue weighted by Gasteiger charge is -2.22. The summed E-state index contributed by atoms with van der Waals surface area (Å²) in [4.78, 5) is 32.8. The average Bonchev–Trinajstić information content (AvgIpc) is 3.16. The summed E-state index contributed by atoms with van der Waals surface area (Å²) in [6, 6.07) is 1.82. The van der Waals surface area contributed by atoms with Gasteiger partial charge in [-0.05, 0) is 19.9 Å². The summed E-state index contributed by atoms with van der Waals surface area (Å²) < 4.78 is 7.24. The Morgan fingerprint density at radius 1 is 1.28 bits per heavy atom. The van der Waals surface area contributed by atoms with E-state index in [-0.39, 0.29) is 12.0 Å². The van der Waals surface area contributed by atoms with E-state index in [1.165, 1.54) is 0 Å². The summed E-state index contributed by atoms with van der Waals surface area (Å²) in [5.41, 5.74) is 2.31. The third kappa shape index (κ3) is 2.35. The van der Waals surface area contributed by atoms with Crippen molar-refractivity contribution in [2.24, 2.45) is 7.05 Å². The molecular formula is C17H21N5O3. The summed E-state index contributed by atoms with van der Waals surface area (Å²) in [5.74, 6) is -0.0610. The predicted molar refractivity (Wildman–Crippen MR) is 90.3 cm³/mol. The Morgan fingerprint density at radius 2 is 2.04 bits per heavy atom. The van der Waals surface area contributed by atoms with Crippen LogP contribution in [0.15, 0.2) is 6.07 Å². The minimum absolute atomic E-state index is 0.0610. The highest BCUT2D eigenvalue weighted by Crippen LogP contribution is 2.33. The van der Waals surface area contributed by atoms with Crippen molar-refractivity contribution in [2.75, 3.05) is 26.7 Å². The van der Waals surface area contributed by atoms with Gasteiger partial charge >= 0.3 is 6.09 Å². The molecule has 4 rings (SSSR count). The second-order valence-electron chi connectivity index (χ2n) is 7.10. The van der Waals surface area contributed by atoms with E-state index in [0.717, 1.165) is 16.8 Å². The molecule has 0 saturated carbocycles. The molecule has 2 fully saturated rings. The maximum absolute atomic E-state index is 13.2. The van der Waals surface area contributed by atoms with Gasteiger partial charge < -0.3 is 14.5 Å². The quantitative estimate of drug-likeness (QED) is 0.778. The number of hydrogen-bond donors (Lipinski definition) is 0. The number of carbonyl (C=O) groups excluding carboxylic acids is 2. The van der Waals surface area contributed by atoms with Crippen LogP contribution in [0.5, 0.6) is 0 Å². The number of aryl methyl sites for hydroxylation is 3. The van der Waals surface area contributed by atoms with Crippen LogP contribution in [0.4, 0.5) is 4.79 Å². The summed E-state index contributed by atoms with van der Waals surface area (Å²) >= 11 is 0. The molecule has 132 valence electrons. The Labute approximate surface area is 145 Å². The fraction of sp³-hybridized carbons (Fsp3) is 0.529. The van der Waals surface area contributed by atoms with E-state index < -0.39 is 5.60 Å². The number of ether oxygens (including phenoxy) is 1. The standard InChI is InChI=1S/C17H21N5O3/c1-10-7-12(13-11(2)19-21(4)14(13)18-10)15(23)22-6-5-17(9-22)8-20(3)16(24)25-17/h7H,5-6,8-9H2,1-4H3. The first-order chi connectivity index (χ1) is 11.8. The number of nitrogens with zero attached hydrogens (tertiary/aromatic N) is 5. The van der Waals surface area contributed by atoms with E-state index in [0.29, 0.717) is 37.3 Å². The van der Waals surface area contributed by atoms with E-state index in [1.807, 2.05) is 27.0 Å². The van der Waals surface area contributed by atoms with Crippen molar-refractivity contribution in [3.63, 3.8) is 0 Å². The minimum atomic E-state index is -0.577. The van der Waals surface area contributed by atoms with Crippen LogP contribution in [-0.4, -0.2) is 68.8 Å². The van der Waals surface area contributed by atoms with Crippen molar-refractivity contribution in [2.45, 2.75) is 25.9 Å². The van der Waals surface area contributed by atoms with Gasteiger partial charge in [-0.3, -0.25) is 9.48 Å². The number of carbonyl (C=O) groups is 2. The van der Waals surface area contributed by atoms with Gasteiger partial charge in [0.25, 0.3) is 5.91 Å². The number of aromatic nitrogens is 3. The molecule has 0 bridgehead atoms. The lowest BCUT2D eigenvalue weighted by Crippen LogP contribution is -2.39. The van der Waals surface area contributed by atoms with Gasteiger partial charge in [-0.1, -0.05) is 0 Å². The molecule has 2 aromatic rings. The van der Waals surface area contributed by atoms with Crippen LogP contribution in [0.25, 0.3) is 11.0 Å². The minimum Gasteiger partial charge on any atom is -0.439 e. The van der Waals surface area contributed by atoms with Crippen molar-refractivity contribution >= 4 is 23.0 Å². The number of pyridine rings is 1. The Balaban J connectivity index is 1.69. The van der Waals surface area contributed by atoms with Gasteiger partial charge in [0, 0.05) is 32.8 Å². The van der Waals surface area contributed by atoms with Gasteiger partial charge in [-0.2, -0.15) is 5.10 Å². The van der Waals surface area contributed by atoms with Crippen LogP contribution in [0.3, 0.4) is 0 Å². The van der Waals surface area contributed by atoms with E-state index in [1.54, 1.807) is 21.5 Å². The van der Waals surface area contributed by atoms with Gasteiger partial charge in [-0.25, -0.2) is 9.78 Å². The van der Waals surface area contributed by atoms with E-state index >= 15 is 0 Å². The molecule has 0 radical (unpaired) electrons. The summed E-state index contributed by atoms with van der Waals surface area (Å²) in [7, 11) is 3.55. The molecule has 0 N–H and O–H groups in total. The zero-order chi connectivity index (χ0) is 17.9. The molecule has 25 heavy (non-hydrogen) atoms. The fourth-order valence-corrected chi connectivity index (χ4v) is 3.93. The molecule has 2 aliphatic rings. The molecule has 0 aliphatic carbocycles. The first-order valence-corrected chi connectivity index (χ1v) is 8.34. The molecule has 2 saturated heterocycles. The number of likely N-dealkylation sites (tertiary alicyclic amines) is 1. The summed E-state index contributed by atoms with van der Waals surface area (Å²) in [6.07, 6.45) is 0.341. The van der Waals surface area contributed by atoms with Crippen LogP contribution < -0.4 is 0 Å². The van der Waals surface area contributed by atoms with E-state index in [2.05, 4.69) is 10.1 Å². The molecule has 2 aliphatic heterocycles. The van der Waals surface area contributed by atoms with Gasteiger partial charge in [0.1, 0.15) is 0 Å². The molecule has 8 heteroatoms.